The molecule has 4 aliphatic rings. The van der Waals surface area contributed by atoms with Crippen molar-refractivity contribution in [1.82, 2.24) is 54.7 Å². The fourth-order valence-corrected chi connectivity index (χ4v) is 12.9. The molecule has 4 fully saturated rings. The van der Waals surface area contributed by atoms with Crippen LogP contribution in [-0.2, 0) is 32.0 Å². The standard InChI is InChI=1S/C55H91N13O13S/c69-38-61-17-19-63(40-71)25-27-67(35-52(77)78)46(31-65(23-21-61)33-50(73)74)29-42-4-8-44(9-5-42)56-12-15-60(14-2-1-3-49-54-48(37-82-49)58-55(81)59-54)16-13-57-45-10-6-43(7-11-45)30-47-32-66(34-51(75)76)24-22-62(39-70)18-20-64(41-72)26-28-68(47)36-53(79)80/h4-11,46-49,54,56-57,69-72H,1-3,12-41H2,(H,73,74)(H,75,76)(H,77,78)(H,79,80)(H2,58,59,81). The van der Waals surface area contributed by atoms with Gasteiger partial charge in [0.1, 0.15) is 0 Å². The fraction of sp³-hybridized carbons (Fsp3) is 0.691. The van der Waals surface area contributed by atoms with Gasteiger partial charge in [0, 0.05) is 152 Å². The molecule has 0 spiro atoms. The quantitative estimate of drug-likeness (QED) is 0.0318. The lowest BCUT2D eigenvalue weighted by Crippen LogP contribution is -2.53. The molecule has 27 heteroatoms. The van der Waals surface area contributed by atoms with Crippen LogP contribution in [0.15, 0.2) is 48.5 Å². The van der Waals surface area contributed by atoms with Crippen LogP contribution < -0.4 is 21.3 Å². The van der Waals surface area contributed by atoms with Crippen molar-refractivity contribution in [3.05, 3.63) is 59.7 Å². The Labute approximate surface area is 485 Å². The predicted molar refractivity (Wildman–Crippen MR) is 312 cm³/mol. The van der Waals surface area contributed by atoms with E-state index in [1.165, 1.54) is 0 Å². The molecule has 0 bridgehead atoms. The van der Waals surface area contributed by atoms with Gasteiger partial charge in [-0.3, -0.25) is 63.3 Å². The van der Waals surface area contributed by atoms with Gasteiger partial charge in [-0.2, -0.15) is 11.8 Å². The van der Waals surface area contributed by atoms with Gasteiger partial charge in [-0.1, -0.05) is 30.7 Å². The Morgan fingerprint density at radius 1 is 0.512 bits per heavy atom. The summed E-state index contributed by atoms with van der Waals surface area (Å²) in [6.07, 6.45) is 3.90. The summed E-state index contributed by atoms with van der Waals surface area (Å²) in [6.45, 7) is 7.13. The molecule has 460 valence electrons. The highest BCUT2D eigenvalue weighted by Gasteiger charge is 2.42. The molecule has 82 heavy (non-hydrogen) atoms. The number of benzene rings is 2. The van der Waals surface area contributed by atoms with E-state index in [0.29, 0.717) is 110 Å². The van der Waals surface area contributed by atoms with Gasteiger partial charge in [0.05, 0.1) is 65.2 Å². The Hall–Kier alpha value is -4.98. The van der Waals surface area contributed by atoms with Crippen molar-refractivity contribution in [2.45, 2.75) is 61.5 Å². The normalized spacial score (nSPS) is 23.4. The smallest absolute Gasteiger partial charge is 0.317 e. The summed E-state index contributed by atoms with van der Waals surface area (Å²) >= 11 is 1.91. The second kappa shape index (κ2) is 35.3. The second-order valence-electron chi connectivity index (χ2n) is 21.9. The number of aliphatic carboxylic acids is 4. The van der Waals surface area contributed by atoms with Gasteiger partial charge in [0.25, 0.3) is 0 Å². The third-order valence-corrected chi connectivity index (χ3v) is 17.5. The van der Waals surface area contributed by atoms with Crippen LogP contribution >= 0.6 is 11.8 Å². The number of urea groups is 1. The van der Waals surface area contributed by atoms with Gasteiger partial charge >= 0.3 is 29.9 Å². The lowest BCUT2D eigenvalue weighted by Gasteiger charge is -2.37. The number of aliphatic hydroxyl groups excluding tert-OH is 4. The average molecular weight is 1170 g/mol. The van der Waals surface area contributed by atoms with Gasteiger partial charge in [-0.05, 0) is 67.6 Å². The number of hydrogen-bond acceptors (Lipinski definition) is 21. The van der Waals surface area contributed by atoms with Crippen LogP contribution in [0.2, 0.25) is 0 Å². The van der Waals surface area contributed by atoms with Crippen LogP contribution in [0.3, 0.4) is 0 Å². The molecule has 5 unspecified atom stereocenters. The second-order valence-corrected chi connectivity index (χ2v) is 23.2. The minimum atomic E-state index is -1.00. The van der Waals surface area contributed by atoms with Gasteiger partial charge in [-0.25, -0.2) is 4.79 Å². The van der Waals surface area contributed by atoms with Crippen molar-refractivity contribution in [2.24, 2.45) is 0 Å². The van der Waals surface area contributed by atoms with Crippen molar-refractivity contribution in [1.29, 1.82) is 0 Å². The topological polar surface area (TPSA) is 324 Å². The van der Waals surface area contributed by atoms with Crippen molar-refractivity contribution >= 4 is 53.0 Å². The SMILES string of the molecule is O=C(O)CN1CCN(CO)CCN(CO)CCN(CC(=O)O)C(Cc2ccc(NCCN(CCCCC3SCC4NC(=O)NC43)CCNc3ccc(CC4CN(CC(=O)O)CCN(CO)CCN(CO)CCN4CC(=O)O)cc3)cc2)C1. The first-order valence-electron chi connectivity index (χ1n) is 28.8. The van der Waals surface area contributed by atoms with Crippen LogP contribution in [0.5, 0.6) is 0 Å². The first-order chi connectivity index (χ1) is 39.6. The molecule has 0 aromatic heterocycles. The molecule has 6 rings (SSSR count). The first-order valence-corrected chi connectivity index (χ1v) is 29.8. The Kier molecular flexibility index (Phi) is 28.5. The average Bonchev–Trinajstić information content (AvgIpc) is 4.15. The number of unbranched alkanes of at least 4 members (excludes halogenated alkanes) is 1. The zero-order valence-electron chi connectivity index (χ0n) is 47.4. The molecule has 0 saturated carbocycles. The van der Waals surface area contributed by atoms with E-state index in [1.807, 2.05) is 70.1 Å². The first kappa shape index (κ1) is 66.2. The highest BCUT2D eigenvalue weighted by molar-refractivity contribution is 8.00. The number of carboxylic acids is 4. The molecular formula is C55H91N13O13S. The number of carbonyl (C=O) groups is 5. The maximum absolute atomic E-state index is 12.2. The highest BCUT2D eigenvalue weighted by atomic mass is 32.2. The van der Waals surface area contributed by atoms with Crippen molar-refractivity contribution in [3.63, 3.8) is 0 Å². The number of carbonyl (C=O) groups excluding carboxylic acids is 1. The summed E-state index contributed by atoms with van der Waals surface area (Å²) in [5.41, 5.74) is 3.73. The largest absolute Gasteiger partial charge is 0.480 e. The number of rotatable bonds is 29. The lowest BCUT2D eigenvalue weighted by atomic mass is 10.0. The number of nitrogens with zero attached hydrogens (tertiary/aromatic N) is 9. The van der Waals surface area contributed by atoms with Crippen LogP contribution in [0.25, 0.3) is 0 Å². The van der Waals surface area contributed by atoms with Crippen molar-refractivity contribution in [2.75, 3.05) is 194 Å². The minimum absolute atomic E-state index is 0.0901. The lowest BCUT2D eigenvalue weighted by molar-refractivity contribution is -0.141. The van der Waals surface area contributed by atoms with E-state index in [2.05, 4.69) is 26.2 Å². The molecule has 2 aromatic carbocycles. The maximum atomic E-state index is 12.2. The number of thioether (sulfide) groups is 1. The Balaban J connectivity index is 1.09. The number of hydrogen-bond donors (Lipinski definition) is 12. The monoisotopic (exact) mass is 1170 g/mol. The van der Waals surface area contributed by atoms with Crippen molar-refractivity contribution in [3.8, 4) is 0 Å². The zero-order valence-corrected chi connectivity index (χ0v) is 48.2. The van der Waals surface area contributed by atoms with E-state index in [4.69, 9.17) is 0 Å². The molecule has 12 N–H and O–H groups in total. The Morgan fingerprint density at radius 3 is 1.29 bits per heavy atom. The van der Waals surface area contributed by atoms with E-state index in [0.717, 1.165) is 67.2 Å². The van der Waals surface area contributed by atoms with Gasteiger partial charge in [0.2, 0.25) is 0 Å². The number of anilines is 2. The molecular weight excluding hydrogens is 1080 g/mol. The zero-order chi connectivity index (χ0) is 58.8. The number of fused-ring (bicyclic) bond motifs is 1. The molecule has 0 aliphatic carbocycles. The number of nitrogens with one attached hydrogen (secondary N) is 4. The molecule has 2 aromatic rings. The van der Waals surface area contributed by atoms with Crippen molar-refractivity contribution < 1.29 is 64.8 Å². The molecule has 0 radical (unpaired) electrons. The summed E-state index contributed by atoms with van der Waals surface area (Å²) in [6, 6.07) is 15.5. The van der Waals surface area contributed by atoms with E-state index >= 15 is 0 Å². The van der Waals surface area contributed by atoms with Gasteiger partial charge < -0.3 is 62.1 Å². The van der Waals surface area contributed by atoms with Gasteiger partial charge in [-0.15, -0.1) is 0 Å². The van der Waals surface area contributed by atoms with Crippen LogP contribution in [0.4, 0.5) is 16.2 Å². The fourth-order valence-electron chi connectivity index (χ4n) is 11.3. The number of amides is 2. The van der Waals surface area contributed by atoms with Crippen LogP contribution in [0, 0.1) is 0 Å². The van der Waals surface area contributed by atoms with Crippen LogP contribution in [0.1, 0.15) is 30.4 Å². The third kappa shape index (κ3) is 23.2. The Bertz CT molecular complexity index is 2120. The third-order valence-electron chi connectivity index (χ3n) is 16.0. The highest BCUT2D eigenvalue weighted by Crippen LogP contribution is 2.33. The van der Waals surface area contributed by atoms with E-state index in [-0.39, 0.29) is 96.4 Å². The predicted octanol–water partition coefficient (Wildman–Crippen LogP) is -1.75. The summed E-state index contributed by atoms with van der Waals surface area (Å²) in [5.74, 6) is -3.09. The van der Waals surface area contributed by atoms with E-state index in [1.54, 1.807) is 29.4 Å². The molecule has 4 saturated heterocycles. The summed E-state index contributed by atoms with van der Waals surface area (Å²) in [5, 5.41) is 93.5. The van der Waals surface area contributed by atoms with E-state index in [9.17, 15) is 64.8 Å². The van der Waals surface area contributed by atoms with E-state index < -0.39 is 23.9 Å². The molecule has 5 atom stereocenters. The number of aliphatic hydroxyl groups is 4. The minimum Gasteiger partial charge on any atom is -0.480 e. The Morgan fingerprint density at radius 2 is 0.902 bits per heavy atom. The number of carboxylic acid groups (broad SMARTS) is 4. The summed E-state index contributed by atoms with van der Waals surface area (Å²) in [4.78, 5) is 77.4. The summed E-state index contributed by atoms with van der Waals surface area (Å²) in [7, 11) is 0. The molecule has 4 aliphatic heterocycles. The molecule has 26 nitrogen and oxygen atoms in total. The molecule has 2 amide bonds. The van der Waals surface area contributed by atoms with Gasteiger partial charge in [0.15, 0.2) is 0 Å². The molecule has 4 heterocycles. The van der Waals surface area contributed by atoms with Crippen LogP contribution in [-0.4, -0.2) is 327 Å². The maximum Gasteiger partial charge on any atom is 0.317 e. The summed E-state index contributed by atoms with van der Waals surface area (Å²) < 4.78 is 0.